The summed E-state index contributed by atoms with van der Waals surface area (Å²) >= 11 is 1.41. The molecule has 1 N–H and O–H groups in total. The fourth-order valence-electron chi connectivity index (χ4n) is 1.94. The van der Waals surface area contributed by atoms with Gasteiger partial charge in [-0.25, -0.2) is 4.98 Å². The Labute approximate surface area is 117 Å². The predicted octanol–water partition coefficient (Wildman–Crippen LogP) is 2.62. The average molecular weight is 277 g/mol. The van der Waals surface area contributed by atoms with Gasteiger partial charge in [-0.05, 0) is 25.8 Å². The number of aromatic nitrogens is 2. The van der Waals surface area contributed by atoms with Gasteiger partial charge in [-0.15, -0.1) is 0 Å². The van der Waals surface area contributed by atoms with Gasteiger partial charge in [-0.3, -0.25) is 0 Å². The van der Waals surface area contributed by atoms with Crippen LogP contribution in [-0.4, -0.2) is 27.1 Å². The molecule has 0 aliphatic carbocycles. The molecular formula is C14H19N3OS. The minimum Gasteiger partial charge on any atom is -0.396 e. The Kier molecular flexibility index (Phi) is 4.87. The third-order valence-corrected chi connectivity index (χ3v) is 3.88. The van der Waals surface area contributed by atoms with E-state index in [1.54, 1.807) is 0 Å². The van der Waals surface area contributed by atoms with Crippen molar-refractivity contribution in [3.8, 4) is 0 Å². The van der Waals surface area contributed by atoms with E-state index in [4.69, 9.17) is 5.11 Å². The van der Waals surface area contributed by atoms with E-state index in [-0.39, 0.29) is 12.6 Å². The Bertz CT molecular complexity index is 500. The highest BCUT2D eigenvalue weighted by Crippen LogP contribution is 2.23. The molecule has 0 bridgehead atoms. The molecule has 0 saturated heterocycles. The van der Waals surface area contributed by atoms with E-state index in [0.29, 0.717) is 0 Å². The summed E-state index contributed by atoms with van der Waals surface area (Å²) in [6, 6.07) is 10.5. The zero-order valence-corrected chi connectivity index (χ0v) is 12.1. The van der Waals surface area contributed by atoms with Crippen molar-refractivity contribution in [3.05, 3.63) is 41.7 Å². The maximum absolute atomic E-state index is 9.14. The fraction of sp³-hybridized carbons (Fsp3) is 0.429. The summed E-state index contributed by atoms with van der Waals surface area (Å²) in [5.74, 6) is 0.800. The van der Waals surface area contributed by atoms with Crippen LogP contribution in [0.1, 0.15) is 24.7 Å². The Balaban J connectivity index is 2.19. The summed E-state index contributed by atoms with van der Waals surface area (Å²) in [6.45, 7) is 4.98. The lowest BCUT2D eigenvalue weighted by Gasteiger charge is -2.28. The van der Waals surface area contributed by atoms with Crippen LogP contribution in [0.15, 0.2) is 30.3 Å². The second kappa shape index (κ2) is 6.63. The molecule has 0 amide bonds. The molecule has 1 aromatic heterocycles. The van der Waals surface area contributed by atoms with Gasteiger partial charge in [0.25, 0.3) is 0 Å². The molecule has 1 unspecified atom stereocenters. The first-order chi connectivity index (χ1) is 9.20. The predicted molar refractivity (Wildman–Crippen MR) is 78.4 cm³/mol. The zero-order chi connectivity index (χ0) is 13.7. The molecule has 102 valence electrons. The number of aryl methyl sites for hydroxylation is 1. The molecule has 0 aliphatic heterocycles. The number of benzene rings is 1. The van der Waals surface area contributed by atoms with E-state index in [2.05, 4.69) is 33.3 Å². The van der Waals surface area contributed by atoms with Crippen molar-refractivity contribution in [2.24, 2.45) is 0 Å². The van der Waals surface area contributed by atoms with Crippen LogP contribution in [-0.2, 0) is 6.54 Å². The highest BCUT2D eigenvalue weighted by molar-refractivity contribution is 7.09. The summed E-state index contributed by atoms with van der Waals surface area (Å²) in [7, 11) is 0. The topological polar surface area (TPSA) is 49.2 Å². The van der Waals surface area contributed by atoms with E-state index >= 15 is 0 Å². The molecule has 2 aromatic rings. The number of rotatable bonds is 6. The first kappa shape index (κ1) is 14.0. The summed E-state index contributed by atoms with van der Waals surface area (Å²) < 4.78 is 4.25. The van der Waals surface area contributed by atoms with Crippen LogP contribution in [0.3, 0.4) is 0 Å². The van der Waals surface area contributed by atoms with E-state index in [0.717, 1.165) is 23.9 Å². The second-order valence-electron chi connectivity index (χ2n) is 4.60. The largest absolute Gasteiger partial charge is 0.396 e. The summed E-state index contributed by atoms with van der Waals surface area (Å²) in [5, 5.41) is 10.1. The van der Waals surface area contributed by atoms with Gasteiger partial charge in [-0.2, -0.15) is 4.37 Å². The van der Waals surface area contributed by atoms with Crippen LogP contribution in [0.2, 0.25) is 0 Å². The lowest BCUT2D eigenvalue weighted by Crippen LogP contribution is -2.33. The van der Waals surface area contributed by atoms with Crippen molar-refractivity contribution in [2.45, 2.75) is 32.9 Å². The molecule has 1 heterocycles. The maximum Gasteiger partial charge on any atom is 0.205 e. The first-order valence-corrected chi connectivity index (χ1v) is 7.20. The van der Waals surface area contributed by atoms with Crippen LogP contribution in [0, 0.1) is 6.92 Å². The normalized spacial score (nSPS) is 12.4. The van der Waals surface area contributed by atoms with Gasteiger partial charge in [0.15, 0.2) is 0 Å². The third kappa shape index (κ3) is 3.75. The van der Waals surface area contributed by atoms with Crippen LogP contribution >= 0.6 is 11.5 Å². The Morgan fingerprint density at radius 3 is 2.63 bits per heavy atom. The van der Waals surface area contributed by atoms with Crippen LogP contribution in [0.4, 0.5) is 5.13 Å². The molecule has 0 fully saturated rings. The number of aliphatic hydroxyl groups is 1. The quantitative estimate of drug-likeness (QED) is 0.882. The molecule has 0 saturated carbocycles. The molecule has 5 heteroatoms. The monoisotopic (exact) mass is 277 g/mol. The lowest BCUT2D eigenvalue weighted by molar-refractivity contribution is 0.275. The van der Waals surface area contributed by atoms with Crippen LogP contribution < -0.4 is 4.90 Å². The molecule has 4 nitrogen and oxygen atoms in total. The van der Waals surface area contributed by atoms with E-state index in [9.17, 15) is 0 Å². The summed E-state index contributed by atoms with van der Waals surface area (Å²) in [5.41, 5.74) is 1.24. The molecule has 1 aromatic carbocycles. The highest BCUT2D eigenvalue weighted by atomic mass is 32.1. The van der Waals surface area contributed by atoms with Crippen molar-refractivity contribution < 1.29 is 5.11 Å². The number of anilines is 1. The molecule has 0 spiro atoms. The van der Waals surface area contributed by atoms with Gasteiger partial charge in [0.1, 0.15) is 5.82 Å². The number of aliphatic hydroxyl groups excluding tert-OH is 1. The van der Waals surface area contributed by atoms with Gasteiger partial charge in [0.05, 0.1) is 0 Å². The summed E-state index contributed by atoms with van der Waals surface area (Å²) in [6.07, 6.45) is 0.728. The van der Waals surface area contributed by atoms with Gasteiger partial charge < -0.3 is 10.0 Å². The molecule has 0 radical (unpaired) electrons. The number of hydrogen-bond donors (Lipinski definition) is 1. The molecule has 19 heavy (non-hydrogen) atoms. The van der Waals surface area contributed by atoms with Crippen molar-refractivity contribution in [2.75, 3.05) is 11.5 Å². The zero-order valence-electron chi connectivity index (χ0n) is 11.3. The van der Waals surface area contributed by atoms with Gasteiger partial charge in [0, 0.05) is 30.7 Å². The second-order valence-corrected chi connectivity index (χ2v) is 5.33. The van der Waals surface area contributed by atoms with Gasteiger partial charge in [-0.1, -0.05) is 30.3 Å². The van der Waals surface area contributed by atoms with Gasteiger partial charge >= 0.3 is 0 Å². The molecule has 2 rings (SSSR count). The van der Waals surface area contributed by atoms with Crippen LogP contribution in [0.25, 0.3) is 0 Å². The average Bonchev–Trinajstić information content (AvgIpc) is 2.84. The van der Waals surface area contributed by atoms with Gasteiger partial charge in [0.2, 0.25) is 5.13 Å². The molecule has 1 atom stereocenters. The fourth-order valence-corrected chi connectivity index (χ4v) is 2.71. The number of hydrogen-bond acceptors (Lipinski definition) is 5. The lowest BCUT2D eigenvalue weighted by atomic mass is 10.1. The minimum absolute atomic E-state index is 0.185. The SMILES string of the molecule is Cc1nsc(N(Cc2ccccc2)C(C)CCO)n1. The van der Waals surface area contributed by atoms with E-state index in [1.165, 1.54) is 17.1 Å². The van der Waals surface area contributed by atoms with Crippen molar-refractivity contribution in [1.29, 1.82) is 0 Å². The van der Waals surface area contributed by atoms with Crippen LogP contribution in [0.5, 0.6) is 0 Å². The smallest absolute Gasteiger partial charge is 0.205 e. The maximum atomic E-state index is 9.14. The summed E-state index contributed by atoms with van der Waals surface area (Å²) in [4.78, 5) is 6.67. The van der Waals surface area contributed by atoms with Crippen molar-refractivity contribution >= 4 is 16.7 Å². The molecular weight excluding hydrogens is 258 g/mol. The van der Waals surface area contributed by atoms with Crippen molar-refractivity contribution in [1.82, 2.24) is 9.36 Å². The highest BCUT2D eigenvalue weighted by Gasteiger charge is 2.18. The van der Waals surface area contributed by atoms with Crippen molar-refractivity contribution in [3.63, 3.8) is 0 Å². The Morgan fingerprint density at radius 1 is 1.32 bits per heavy atom. The number of nitrogens with zero attached hydrogens (tertiary/aromatic N) is 3. The Morgan fingerprint density at radius 2 is 2.05 bits per heavy atom. The van der Waals surface area contributed by atoms with E-state index in [1.807, 2.05) is 25.1 Å². The minimum atomic E-state index is 0.185. The Hall–Kier alpha value is -1.46. The first-order valence-electron chi connectivity index (χ1n) is 6.42. The molecule has 0 aliphatic rings. The standard InChI is InChI=1S/C14H19N3OS/c1-11(8-9-18)17(14-15-12(2)16-19-14)10-13-6-4-3-5-7-13/h3-7,11,18H,8-10H2,1-2H3. The third-order valence-electron chi connectivity index (χ3n) is 3.04. The van der Waals surface area contributed by atoms with E-state index < -0.39 is 0 Å².